The van der Waals surface area contributed by atoms with Crippen LogP contribution < -0.4 is 37.3 Å². The van der Waals surface area contributed by atoms with E-state index in [-0.39, 0.29) is 62.2 Å². The average Bonchev–Trinajstić information content (AvgIpc) is 4.54. The maximum Gasteiger partial charge on any atom is 0.332 e. The number of nitrogens with one attached hydrogen (secondary N) is 1. The standard InChI is InChI=1S/C26H26FN7O5S.C25H24FN7O5S/c1-15-21-23(36)33(18-7-11-31(2)22(18)35)26(37)32(25(21)40-24(15)34-29-9-10-30-34)14-20(39-12-4-8-28)17-13-16(27)5-6-19(17)38-3;1-14-20-22(35)32(17-6-8-28-21(17)34)25(36)31(24(20)39-23(14)33-29-9-10-30-33)13-19(38-11-3-7-27)16-12-15(26)4-5-18(16)37-2/h5-6,9-10,13,18,20H,4,7,11-12,14H2,1-3H3;4-5,9-10,12,17,19H,3,6,8,11,13H2,1-2H3,(H,28,34)/t18-,20+;17-,19+/m11/s1. The van der Waals surface area contributed by atoms with Gasteiger partial charge in [-0.05, 0) is 63.1 Å². The van der Waals surface area contributed by atoms with E-state index in [0.717, 1.165) is 31.8 Å². The Hall–Kier alpha value is -8.70. The molecule has 0 aliphatic carbocycles. The van der Waals surface area contributed by atoms with Crippen LogP contribution in [0.1, 0.15) is 72.2 Å². The number of carbonyl (C=O) groups excluding carboxylic acids is 2. The minimum absolute atomic E-state index is 0.00925. The number of aryl methyl sites for hydroxylation is 2. The molecular weight excluding hydrogens is 1070 g/mol. The number of likely N-dealkylation sites (N-methyl/N-ethyl adjacent to an activating group) is 1. The quantitative estimate of drug-likeness (QED) is 0.117. The SMILES string of the molecule is COc1ccc(F)cc1[C@H](Cn1c(=O)n([C@@H]2CCN(C)C2=O)c(=O)c2c(C)c(-n3nccn3)sc21)OCCC#N.COc1ccc(F)cc1[C@H](Cn1c(=O)n([C@@H]2CCNC2=O)c(=O)c2c(C)c(-n3nccn3)sc21)OCCC#N. The lowest BCUT2D eigenvalue weighted by atomic mass is 10.1. The van der Waals surface area contributed by atoms with Crippen LogP contribution in [-0.4, -0.2) is 113 Å². The Kier molecular flexibility index (Phi) is 16.4. The highest BCUT2D eigenvalue weighted by Gasteiger charge is 2.37. The van der Waals surface area contributed by atoms with Gasteiger partial charge in [-0.2, -0.15) is 30.9 Å². The van der Waals surface area contributed by atoms with Crippen molar-refractivity contribution in [1.29, 1.82) is 10.5 Å². The zero-order valence-electron chi connectivity index (χ0n) is 43.1. The molecule has 410 valence electrons. The van der Waals surface area contributed by atoms with E-state index in [0.29, 0.717) is 72.9 Å². The number of nitrogens with zero attached hydrogens (tertiary/aromatic N) is 13. The number of halogens is 2. The highest BCUT2D eigenvalue weighted by Crippen LogP contribution is 2.37. The van der Waals surface area contributed by atoms with Crippen LogP contribution in [0.5, 0.6) is 11.5 Å². The van der Waals surface area contributed by atoms with Crippen LogP contribution in [0.3, 0.4) is 0 Å². The molecule has 8 heterocycles. The fourth-order valence-corrected chi connectivity index (χ4v) is 12.1. The number of likely N-dealkylation sites (tertiary alicyclic amines) is 1. The van der Waals surface area contributed by atoms with Crippen molar-refractivity contribution >= 4 is 54.9 Å². The Labute approximate surface area is 454 Å². The summed E-state index contributed by atoms with van der Waals surface area (Å²) in [5.41, 5.74) is -0.828. The Morgan fingerprint density at radius 3 is 1.51 bits per heavy atom. The van der Waals surface area contributed by atoms with Crippen molar-refractivity contribution in [3.63, 3.8) is 0 Å². The Morgan fingerprint density at radius 2 is 1.13 bits per heavy atom. The Morgan fingerprint density at radius 1 is 0.684 bits per heavy atom. The number of rotatable bonds is 18. The Balaban J connectivity index is 0.000000192. The van der Waals surface area contributed by atoms with Crippen LogP contribution in [0, 0.1) is 48.1 Å². The molecule has 79 heavy (non-hydrogen) atoms. The monoisotopic (exact) mass is 1120 g/mol. The van der Waals surface area contributed by atoms with Gasteiger partial charge in [0.05, 0.1) is 101 Å². The number of hydrogen-bond donors (Lipinski definition) is 1. The number of thiophene rings is 2. The summed E-state index contributed by atoms with van der Waals surface area (Å²) in [6.45, 7) is 3.91. The normalized spacial score (nSPS) is 15.9. The first-order valence-corrected chi connectivity index (χ1v) is 26.2. The van der Waals surface area contributed by atoms with E-state index in [2.05, 4.69) is 25.7 Å². The van der Waals surface area contributed by atoms with Crippen molar-refractivity contribution in [3.05, 3.63) is 137 Å². The maximum absolute atomic E-state index is 14.4. The van der Waals surface area contributed by atoms with Crippen molar-refractivity contribution in [2.75, 3.05) is 47.6 Å². The molecule has 24 nitrogen and oxygen atoms in total. The molecule has 2 amide bonds. The third-order valence-electron chi connectivity index (χ3n) is 13.5. The molecule has 0 bridgehead atoms. The van der Waals surface area contributed by atoms with Crippen molar-refractivity contribution in [2.24, 2.45) is 0 Å². The molecule has 2 saturated heterocycles. The summed E-state index contributed by atoms with van der Waals surface area (Å²) in [5.74, 6) is -1.17. The highest BCUT2D eigenvalue weighted by atomic mass is 32.1. The van der Waals surface area contributed by atoms with Crippen LogP contribution in [0.15, 0.2) is 80.4 Å². The van der Waals surface area contributed by atoms with E-state index >= 15 is 0 Å². The number of nitriles is 2. The van der Waals surface area contributed by atoms with E-state index in [4.69, 9.17) is 29.5 Å². The van der Waals surface area contributed by atoms with E-state index in [1.165, 1.54) is 99.0 Å². The lowest BCUT2D eigenvalue weighted by Crippen LogP contribution is -2.44. The fourth-order valence-electron chi connectivity index (χ4n) is 9.69. The van der Waals surface area contributed by atoms with Gasteiger partial charge < -0.3 is 29.2 Å². The van der Waals surface area contributed by atoms with Gasteiger partial charge in [0.15, 0.2) is 0 Å². The van der Waals surface area contributed by atoms with E-state index in [1.807, 2.05) is 12.1 Å². The van der Waals surface area contributed by atoms with E-state index in [1.54, 1.807) is 20.9 Å². The van der Waals surface area contributed by atoms with Gasteiger partial charge in [-0.15, -0.1) is 9.59 Å². The molecule has 2 aliphatic rings. The van der Waals surface area contributed by atoms with Crippen LogP contribution >= 0.6 is 22.7 Å². The molecule has 0 radical (unpaired) electrons. The lowest BCUT2D eigenvalue weighted by molar-refractivity contribution is -0.129. The molecule has 2 fully saturated rings. The first-order valence-electron chi connectivity index (χ1n) is 24.6. The number of hydrogen-bond acceptors (Lipinski definition) is 18. The van der Waals surface area contributed by atoms with Crippen molar-refractivity contribution < 1.29 is 37.3 Å². The van der Waals surface area contributed by atoms with E-state index < -0.39 is 64.3 Å². The zero-order valence-corrected chi connectivity index (χ0v) is 44.8. The number of benzene rings is 2. The van der Waals surface area contributed by atoms with Gasteiger partial charge in [-0.3, -0.25) is 28.3 Å². The molecule has 0 spiro atoms. The smallest absolute Gasteiger partial charge is 0.332 e. The molecule has 0 saturated carbocycles. The minimum Gasteiger partial charge on any atom is -0.496 e. The second-order valence-electron chi connectivity index (χ2n) is 18.2. The van der Waals surface area contributed by atoms with Gasteiger partial charge in [0.25, 0.3) is 11.1 Å². The predicted octanol–water partition coefficient (Wildman–Crippen LogP) is 4.33. The topological polar surface area (TPSA) is 283 Å². The number of carbonyl (C=O) groups is 2. The second-order valence-corrected chi connectivity index (χ2v) is 20.1. The zero-order chi connectivity index (χ0) is 56.2. The molecule has 8 aromatic rings. The van der Waals surface area contributed by atoms with Crippen molar-refractivity contribution in [2.45, 2.75) is 76.9 Å². The molecule has 0 unspecified atom stereocenters. The number of aromatic nitrogens is 10. The predicted molar refractivity (Wildman–Crippen MR) is 282 cm³/mol. The Bertz CT molecular complexity index is 3950. The second kappa shape index (κ2) is 23.5. The first-order chi connectivity index (χ1) is 38.1. The van der Waals surface area contributed by atoms with Crippen LogP contribution in [0.2, 0.25) is 0 Å². The molecule has 28 heteroatoms. The van der Waals surface area contributed by atoms with Gasteiger partial charge in [0.2, 0.25) is 11.8 Å². The summed E-state index contributed by atoms with van der Waals surface area (Å²) >= 11 is 2.29. The summed E-state index contributed by atoms with van der Waals surface area (Å²) in [4.78, 5) is 86.0. The summed E-state index contributed by atoms with van der Waals surface area (Å²) < 4.78 is 56.3. The van der Waals surface area contributed by atoms with Crippen LogP contribution in [-0.2, 0) is 32.2 Å². The van der Waals surface area contributed by atoms with Gasteiger partial charge in [-0.1, -0.05) is 22.7 Å². The molecule has 10 rings (SSSR count). The minimum atomic E-state index is -0.979. The molecule has 4 atom stereocenters. The number of fused-ring (bicyclic) bond motifs is 2. The molecular formula is C51H50F2N14O10S2. The van der Waals surface area contributed by atoms with Crippen LogP contribution in [0.25, 0.3) is 30.4 Å². The lowest BCUT2D eigenvalue weighted by Gasteiger charge is -2.23. The molecule has 2 aromatic carbocycles. The molecule has 6 aromatic heterocycles. The first kappa shape index (κ1) is 55.1. The summed E-state index contributed by atoms with van der Waals surface area (Å²) in [5, 5.41) is 39.0. The number of methoxy groups -OCH3 is 2. The van der Waals surface area contributed by atoms with Crippen molar-refractivity contribution in [1.82, 2.24) is 58.5 Å². The third kappa shape index (κ3) is 10.6. The van der Waals surface area contributed by atoms with Gasteiger partial charge >= 0.3 is 11.4 Å². The van der Waals surface area contributed by atoms with Crippen LogP contribution in [0.4, 0.5) is 8.78 Å². The summed E-state index contributed by atoms with van der Waals surface area (Å²) in [7, 11) is 4.48. The van der Waals surface area contributed by atoms with Gasteiger partial charge in [0.1, 0.15) is 67.1 Å². The number of ether oxygens (including phenoxy) is 4. The number of amides is 2. The maximum atomic E-state index is 14.4. The van der Waals surface area contributed by atoms with E-state index in [9.17, 15) is 37.5 Å². The van der Waals surface area contributed by atoms with Crippen molar-refractivity contribution in [3.8, 4) is 33.6 Å². The molecule has 1 N–H and O–H groups in total. The summed E-state index contributed by atoms with van der Waals surface area (Å²) in [6, 6.07) is 9.95. The fraction of sp³-hybridized carbons (Fsp3) is 0.373. The third-order valence-corrected chi connectivity index (χ3v) is 16.1. The highest BCUT2D eigenvalue weighted by molar-refractivity contribution is 7.21. The largest absolute Gasteiger partial charge is 0.496 e. The molecule has 2 aliphatic heterocycles. The van der Waals surface area contributed by atoms with Gasteiger partial charge in [0, 0.05) is 42.4 Å². The van der Waals surface area contributed by atoms with Gasteiger partial charge in [-0.25, -0.2) is 27.5 Å². The average molecular weight is 1120 g/mol. The summed E-state index contributed by atoms with van der Waals surface area (Å²) in [6.07, 6.45) is 4.82.